The highest BCUT2D eigenvalue weighted by Gasteiger charge is 2.29. The molecule has 0 radical (unpaired) electrons. The molecule has 102 valence electrons. The van der Waals surface area contributed by atoms with E-state index in [1.807, 2.05) is 0 Å². The van der Waals surface area contributed by atoms with Gasteiger partial charge in [0, 0.05) is 33.8 Å². The minimum atomic E-state index is 0.106. The van der Waals surface area contributed by atoms with Gasteiger partial charge in [0.05, 0.1) is 0 Å². The first-order valence-corrected chi connectivity index (χ1v) is 9.18. The van der Waals surface area contributed by atoms with Crippen LogP contribution in [-0.4, -0.2) is 23.9 Å². The Morgan fingerprint density at radius 1 is 1.06 bits per heavy atom. The van der Waals surface area contributed by atoms with Crippen molar-refractivity contribution in [1.29, 1.82) is 0 Å². The third kappa shape index (κ3) is 4.62. The number of halogens is 3. The Kier molecular flexibility index (Phi) is 8.08. The Morgan fingerprint density at radius 2 is 1.67 bits per heavy atom. The molecular weight excluding hydrogens is 424 g/mol. The van der Waals surface area contributed by atoms with E-state index in [-0.39, 0.29) is 5.41 Å². The zero-order valence-corrected chi connectivity index (χ0v) is 15.4. The van der Waals surface area contributed by atoms with Gasteiger partial charge in [0.15, 0.2) is 0 Å². The second-order valence-corrected chi connectivity index (χ2v) is 6.45. The molecule has 0 bridgehead atoms. The van der Waals surface area contributed by atoms with Gasteiger partial charge in [0.1, 0.15) is 0 Å². The van der Waals surface area contributed by atoms with E-state index < -0.39 is 0 Å². The summed E-state index contributed by atoms with van der Waals surface area (Å²) >= 11 is 10.8. The zero-order chi connectivity index (χ0) is 13.4. The Bertz CT molecular complexity index is 333. The summed E-state index contributed by atoms with van der Waals surface area (Å²) in [6, 6.07) is 8.57. The van der Waals surface area contributed by atoms with Crippen molar-refractivity contribution in [1.82, 2.24) is 0 Å². The lowest BCUT2D eigenvalue weighted by Crippen LogP contribution is -2.31. The van der Waals surface area contributed by atoms with Gasteiger partial charge >= 0.3 is 0 Å². The summed E-state index contributed by atoms with van der Waals surface area (Å²) in [4.78, 5) is 0. The second kappa shape index (κ2) is 8.72. The van der Waals surface area contributed by atoms with Crippen molar-refractivity contribution in [2.24, 2.45) is 0 Å². The topological polar surface area (TPSA) is 9.23 Å². The Hall–Kier alpha value is 0.620. The molecule has 1 aromatic rings. The molecule has 1 nitrogen and oxygen atoms in total. The SMILES string of the molecule is CCCOCCC(CBr)(CBr)c1ccc(Br)cc1. The van der Waals surface area contributed by atoms with E-state index in [9.17, 15) is 0 Å². The Morgan fingerprint density at radius 3 is 2.17 bits per heavy atom. The van der Waals surface area contributed by atoms with Crippen LogP contribution in [0.2, 0.25) is 0 Å². The van der Waals surface area contributed by atoms with Gasteiger partial charge in [-0.15, -0.1) is 0 Å². The molecule has 0 aliphatic rings. The normalized spacial score (nSPS) is 11.8. The van der Waals surface area contributed by atoms with Gasteiger partial charge in [-0.2, -0.15) is 0 Å². The molecule has 0 spiro atoms. The maximum absolute atomic E-state index is 5.64. The van der Waals surface area contributed by atoms with Gasteiger partial charge < -0.3 is 4.74 Å². The highest BCUT2D eigenvalue weighted by Crippen LogP contribution is 2.33. The molecule has 0 saturated heterocycles. The van der Waals surface area contributed by atoms with Crippen LogP contribution in [0.5, 0.6) is 0 Å². The first-order valence-electron chi connectivity index (χ1n) is 6.14. The minimum absolute atomic E-state index is 0.106. The van der Waals surface area contributed by atoms with E-state index in [0.717, 1.165) is 41.2 Å². The van der Waals surface area contributed by atoms with Crippen LogP contribution in [0.25, 0.3) is 0 Å². The van der Waals surface area contributed by atoms with Crippen LogP contribution >= 0.6 is 47.8 Å². The number of benzene rings is 1. The lowest BCUT2D eigenvalue weighted by Gasteiger charge is -2.30. The summed E-state index contributed by atoms with van der Waals surface area (Å²) in [6.45, 7) is 3.79. The van der Waals surface area contributed by atoms with Crippen molar-refractivity contribution in [2.75, 3.05) is 23.9 Å². The molecule has 0 amide bonds. The van der Waals surface area contributed by atoms with Crippen LogP contribution in [0.15, 0.2) is 28.7 Å². The summed E-state index contributed by atoms with van der Waals surface area (Å²) < 4.78 is 6.75. The maximum atomic E-state index is 5.64. The first kappa shape index (κ1) is 16.7. The van der Waals surface area contributed by atoms with Gasteiger partial charge in [0.25, 0.3) is 0 Å². The smallest absolute Gasteiger partial charge is 0.0475 e. The molecule has 18 heavy (non-hydrogen) atoms. The fourth-order valence-electron chi connectivity index (χ4n) is 1.79. The minimum Gasteiger partial charge on any atom is -0.381 e. The van der Waals surface area contributed by atoms with Crippen molar-refractivity contribution in [2.45, 2.75) is 25.2 Å². The summed E-state index contributed by atoms with van der Waals surface area (Å²) in [6.07, 6.45) is 2.10. The van der Waals surface area contributed by atoms with Gasteiger partial charge in [-0.3, -0.25) is 0 Å². The van der Waals surface area contributed by atoms with Gasteiger partial charge in [0.2, 0.25) is 0 Å². The van der Waals surface area contributed by atoms with Crippen molar-refractivity contribution in [3.63, 3.8) is 0 Å². The molecule has 1 aromatic carbocycles. The van der Waals surface area contributed by atoms with Crippen LogP contribution in [-0.2, 0) is 10.2 Å². The third-order valence-corrected chi connectivity index (χ3v) is 5.72. The quantitative estimate of drug-likeness (QED) is 0.392. The lowest BCUT2D eigenvalue weighted by atomic mass is 9.82. The van der Waals surface area contributed by atoms with Crippen molar-refractivity contribution < 1.29 is 4.74 Å². The van der Waals surface area contributed by atoms with Crippen molar-refractivity contribution in [3.8, 4) is 0 Å². The highest BCUT2D eigenvalue weighted by molar-refractivity contribution is 9.10. The summed E-state index contributed by atoms with van der Waals surface area (Å²) in [5, 5.41) is 1.87. The van der Waals surface area contributed by atoms with E-state index in [4.69, 9.17) is 4.74 Å². The van der Waals surface area contributed by atoms with E-state index in [0.29, 0.717) is 0 Å². The third-order valence-electron chi connectivity index (χ3n) is 3.04. The number of ether oxygens (including phenoxy) is 1. The van der Waals surface area contributed by atoms with Crippen molar-refractivity contribution in [3.05, 3.63) is 34.3 Å². The maximum Gasteiger partial charge on any atom is 0.0475 e. The molecule has 0 unspecified atom stereocenters. The fraction of sp³-hybridized carbons (Fsp3) is 0.571. The molecule has 1 rings (SSSR count). The molecule has 0 N–H and O–H groups in total. The lowest BCUT2D eigenvalue weighted by molar-refractivity contribution is 0.120. The standard InChI is InChI=1S/C14H19Br3O/c1-2-8-18-9-7-14(10-15,11-16)12-3-5-13(17)6-4-12/h3-6H,2,7-11H2,1H3. The molecule has 0 aromatic heterocycles. The number of rotatable bonds is 8. The van der Waals surface area contributed by atoms with Gasteiger partial charge in [-0.25, -0.2) is 0 Å². The van der Waals surface area contributed by atoms with Crippen LogP contribution < -0.4 is 0 Å². The van der Waals surface area contributed by atoms with E-state index in [1.165, 1.54) is 5.56 Å². The number of hydrogen-bond acceptors (Lipinski definition) is 1. The Balaban J connectivity index is 2.75. The zero-order valence-electron chi connectivity index (χ0n) is 10.6. The van der Waals surface area contributed by atoms with E-state index in [2.05, 4.69) is 79.0 Å². The van der Waals surface area contributed by atoms with Gasteiger partial charge in [-0.05, 0) is 30.5 Å². The monoisotopic (exact) mass is 440 g/mol. The predicted molar refractivity (Wildman–Crippen MR) is 89.1 cm³/mol. The summed E-state index contributed by atoms with van der Waals surface area (Å²) in [5.74, 6) is 0. The average molecular weight is 443 g/mol. The van der Waals surface area contributed by atoms with Gasteiger partial charge in [-0.1, -0.05) is 66.8 Å². The molecule has 0 aliphatic carbocycles. The summed E-state index contributed by atoms with van der Waals surface area (Å²) in [7, 11) is 0. The van der Waals surface area contributed by atoms with E-state index in [1.54, 1.807) is 0 Å². The van der Waals surface area contributed by atoms with Crippen molar-refractivity contribution >= 4 is 47.8 Å². The van der Waals surface area contributed by atoms with Crippen LogP contribution in [0.3, 0.4) is 0 Å². The van der Waals surface area contributed by atoms with Crippen LogP contribution in [0.4, 0.5) is 0 Å². The average Bonchev–Trinajstić information content (AvgIpc) is 2.41. The predicted octanol–water partition coefficient (Wildman–Crippen LogP) is 5.29. The molecule has 0 fully saturated rings. The fourth-order valence-corrected chi connectivity index (χ4v) is 4.19. The molecule has 4 heteroatoms. The Labute approximate surface area is 135 Å². The second-order valence-electron chi connectivity index (χ2n) is 4.42. The molecule has 0 heterocycles. The highest BCUT2D eigenvalue weighted by atomic mass is 79.9. The molecule has 0 saturated carbocycles. The largest absolute Gasteiger partial charge is 0.381 e. The number of hydrogen-bond donors (Lipinski definition) is 0. The van der Waals surface area contributed by atoms with Crippen LogP contribution in [0.1, 0.15) is 25.3 Å². The van der Waals surface area contributed by atoms with Crippen LogP contribution in [0, 0.1) is 0 Å². The summed E-state index contributed by atoms with van der Waals surface area (Å²) in [5.41, 5.74) is 1.45. The first-order chi connectivity index (χ1) is 8.68. The number of alkyl halides is 2. The van der Waals surface area contributed by atoms with E-state index >= 15 is 0 Å². The molecule has 0 aliphatic heterocycles. The molecular formula is C14H19Br3O. The molecule has 0 atom stereocenters.